The number of nitrogens with zero attached hydrogens (tertiary/aromatic N) is 1. The molecule has 1 atom stereocenters. The lowest BCUT2D eigenvalue weighted by Crippen LogP contribution is -2.12. The minimum atomic E-state index is -1.58. The van der Waals surface area contributed by atoms with Crippen molar-refractivity contribution in [1.82, 2.24) is 4.98 Å². The van der Waals surface area contributed by atoms with Gasteiger partial charge < -0.3 is 14.8 Å². The van der Waals surface area contributed by atoms with E-state index in [9.17, 15) is 9.00 Å². The topological polar surface area (TPSA) is 80.3 Å². The Hall–Kier alpha value is -2.42. The second-order valence-electron chi connectivity index (χ2n) is 8.92. The van der Waals surface area contributed by atoms with E-state index in [2.05, 4.69) is 15.0 Å². The summed E-state index contributed by atoms with van der Waals surface area (Å²) in [5, 5.41) is 4.11. The second kappa shape index (κ2) is 11.5. The zero-order valence-corrected chi connectivity index (χ0v) is 22.5. The third-order valence-corrected chi connectivity index (χ3v) is 8.66. The lowest BCUT2D eigenvalue weighted by Gasteiger charge is -2.12. The Morgan fingerprint density at radius 2 is 1.97 bits per heavy atom. The predicted molar refractivity (Wildman–Crippen MR) is 145 cm³/mol. The van der Waals surface area contributed by atoms with Crippen molar-refractivity contribution in [2.75, 3.05) is 17.1 Å². The number of hydrogen-bond donors (Lipinski definition) is 2. The zero-order chi connectivity index (χ0) is 24.9. The number of aromatic nitrogens is 1. The van der Waals surface area contributed by atoms with Crippen LogP contribution in [-0.4, -0.2) is 22.2 Å². The maximum absolute atomic E-state index is 13.2. The molecular formula is C26H30ClN3O3S2. The number of thiazole rings is 1. The Morgan fingerprint density at radius 3 is 2.69 bits per heavy atom. The summed E-state index contributed by atoms with van der Waals surface area (Å²) in [4.78, 5) is 18.4. The highest BCUT2D eigenvalue weighted by Gasteiger charge is 2.19. The van der Waals surface area contributed by atoms with E-state index in [0.717, 1.165) is 28.1 Å². The Kier molecular flexibility index (Phi) is 8.46. The molecule has 2 N–H and O–H groups in total. The molecule has 1 aliphatic carbocycles. The minimum Gasteiger partial charge on any atom is -0.495 e. The maximum Gasteiger partial charge on any atom is 0.226 e. The maximum atomic E-state index is 13.2. The minimum absolute atomic E-state index is 0.00902. The summed E-state index contributed by atoms with van der Waals surface area (Å²) in [5.74, 6) is 1.20. The number of methoxy groups -OCH3 is 1. The van der Waals surface area contributed by atoms with Gasteiger partial charge in [0.1, 0.15) is 10.6 Å². The molecular weight excluding hydrogens is 502 g/mol. The Bertz CT molecular complexity index is 1220. The molecule has 1 saturated carbocycles. The number of ether oxygens (including phenoxy) is 1. The fourth-order valence-corrected chi connectivity index (χ4v) is 6.73. The van der Waals surface area contributed by atoms with E-state index in [1.54, 1.807) is 19.2 Å². The van der Waals surface area contributed by atoms with Crippen molar-refractivity contribution in [1.29, 1.82) is 0 Å². The summed E-state index contributed by atoms with van der Waals surface area (Å²) >= 11 is 7.57. The number of aryl methyl sites for hydroxylation is 2. The molecule has 1 amide bonds. The van der Waals surface area contributed by atoms with Gasteiger partial charge in [0.05, 0.1) is 17.7 Å². The molecule has 1 aliphatic rings. The summed E-state index contributed by atoms with van der Waals surface area (Å²) in [6, 6.07) is 11.0. The van der Waals surface area contributed by atoms with Crippen molar-refractivity contribution in [3.63, 3.8) is 0 Å². The van der Waals surface area contributed by atoms with E-state index in [-0.39, 0.29) is 5.91 Å². The van der Waals surface area contributed by atoms with E-state index < -0.39 is 11.0 Å². The fraction of sp³-hybridized carbons (Fsp3) is 0.385. The number of hydrogen-bond acceptors (Lipinski definition) is 5. The number of rotatable bonds is 9. The quantitative estimate of drug-likeness (QED) is 0.307. The second-order valence-corrected chi connectivity index (χ2v) is 11.5. The van der Waals surface area contributed by atoms with Gasteiger partial charge in [0.15, 0.2) is 16.1 Å². The molecule has 3 aromatic rings. The molecule has 1 fully saturated rings. The first-order chi connectivity index (χ1) is 16.8. The van der Waals surface area contributed by atoms with Gasteiger partial charge in [-0.1, -0.05) is 48.6 Å². The molecule has 0 saturated heterocycles. The van der Waals surface area contributed by atoms with Gasteiger partial charge in [-0.3, -0.25) is 4.79 Å². The Balaban J connectivity index is 1.50. The number of anilines is 2. The molecule has 1 unspecified atom stereocenters. The van der Waals surface area contributed by atoms with Crippen LogP contribution in [-0.2, 0) is 15.8 Å². The molecule has 0 aliphatic heterocycles. The number of amides is 1. The molecule has 186 valence electrons. The summed E-state index contributed by atoms with van der Waals surface area (Å²) in [7, 11) is -0.0267. The van der Waals surface area contributed by atoms with Crippen LogP contribution in [0.4, 0.5) is 10.8 Å². The monoisotopic (exact) mass is 531 g/mol. The molecule has 0 radical (unpaired) electrons. The van der Waals surface area contributed by atoms with E-state index >= 15 is 0 Å². The molecule has 9 heteroatoms. The molecule has 6 nitrogen and oxygen atoms in total. The van der Waals surface area contributed by atoms with Gasteiger partial charge in [-0.2, -0.15) is 0 Å². The third-order valence-electron chi connectivity index (χ3n) is 6.18. The highest BCUT2D eigenvalue weighted by atomic mass is 35.5. The predicted octanol–water partition coefficient (Wildman–Crippen LogP) is 7.13. The van der Waals surface area contributed by atoms with Crippen molar-refractivity contribution in [3.05, 3.63) is 52.7 Å². The van der Waals surface area contributed by atoms with E-state index in [0.29, 0.717) is 38.8 Å². The lowest BCUT2D eigenvalue weighted by atomic mass is 10.0. The third kappa shape index (κ3) is 6.63. The van der Waals surface area contributed by atoms with E-state index in [4.69, 9.17) is 16.3 Å². The van der Waals surface area contributed by atoms with Crippen LogP contribution in [0, 0.1) is 19.8 Å². The number of carbonyl (C=O) groups excluding carboxylic acids is 1. The average molecular weight is 532 g/mol. The van der Waals surface area contributed by atoms with Gasteiger partial charge in [-0.25, -0.2) is 9.19 Å². The summed E-state index contributed by atoms with van der Waals surface area (Å²) in [5.41, 5.74) is 3.30. The first-order valence-electron chi connectivity index (χ1n) is 11.7. The first-order valence-corrected chi connectivity index (χ1v) is 14.1. The van der Waals surface area contributed by atoms with Gasteiger partial charge in [-0.15, -0.1) is 0 Å². The number of benzene rings is 2. The molecule has 0 bridgehead atoms. The van der Waals surface area contributed by atoms with Crippen LogP contribution in [0.25, 0.3) is 10.4 Å². The fourth-order valence-electron chi connectivity index (χ4n) is 4.45. The number of halogens is 1. The van der Waals surface area contributed by atoms with Crippen molar-refractivity contribution >= 4 is 50.6 Å². The Labute approximate surface area is 218 Å². The molecule has 2 aromatic carbocycles. The molecule has 0 spiro atoms. The highest BCUT2D eigenvalue weighted by Crippen LogP contribution is 2.37. The van der Waals surface area contributed by atoms with Gasteiger partial charge >= 0.3 is 0 Å². The van der Waals surface area contributed by atoms with Crippen LogP contribution < -0.4 is 14.8 Å². The van der Waals surface area contributed by atoms with Crippen LogP contribution >= 0.6 is 22.9 Å². The van der Waals surface area contributed by atoms with Crippen molar-refractivity contribution in [2.45, 2.75) is 57.3 Å². The molecule has 4 rings (SSSR count). The molecule has 1 heterocycles. The van der Waals surface area contributed by atoms with Gasteiger partial charge in [0, 0.05) is 17.1 Å². The summed E-state index contributed by atoms with van der Waals surface area (Å²) in [6.45, 7) is 3.84. The van der Waals surface area contributed by atoms with Crippen LogP contribution in [0.1, 0.15) is 49.8 Å². The van der Waals surface area contributed by atoms with Gasteiger partial charge in [0.25, 0.3) is 0 Å². The Morgan fingerprint density at radius 1 is 1.20 bits per heavy atom. The van der Waals surface area contributed by atoms with E-state index in [1.165, 1.54) is 37.0 Å². The van der Waals surface area contributed by atoms with Gasteiger partial charge in [-0.05, 0) is 73.7 Å². The van der Waals surface area contributed by atoms with Crippen LogP contribution in [0.3, 0.4) is 0 Å². The van der Waals surface area contributed by atoms with Crippen LogP contribution in [0.5, 0.6) is 5.75 Å². The zero-order valence-electron chi connectivity index (χ0n) is 20.2. The van der Waals surface area contributed by atoms with E-state index in [1.807, 2.05) is 38.1 Å². The molecule has 35 heavy (non-hydrogen) atoms. The molecule has 1 aromatic heterocycles. The standard InChI is InChI=1S/C26H30ClN3O3S2/c1-16-12-20(27)15-21(13-16)30-35(32)23-14-19(9-10-22(23)33-3)25-17(2)28-26(34-25)29-24(31)11-8-18-6-4-5-7-18/h9-10,12-15,18,30H,4-8,11H2,1-3H3,(H,28,29,31). The largest absolute Gasteiger partial charge is 0.495 e. The van der Waals surface area contributed by atoms with Crippen molar-refractivity contribution in [2.24, 2.45) is 5.92 Å². The first kappa shape index (κ1) is 25.7. The SMILES string of the molecule is COc1ccc(-c2sc(NC(=O)CCC3CCCC3)nc2C)cc1S(=O)Nc1cc(C)cc(Cl)c1. The number of carbonyl (C=O) groups is 1. The normalized spacial score (nSPS) is 14.6. The van der Waals surface area contributed by atoms with Crippen LogP contribution in [0.2, 0.25) is 5.02 Å². The summed E-state index contributed by atoms with van der Waals surface area (Å²) in [6.07, 6.45) is 6.50. The van der Waals surface area contributed by atoms with Crippen molar-refractivity contribution in [3.8, 4) is 16.2 Å². The average Bonchev–Trinajstić information content (AvgIpc) is 3.46. The van der Waals surface area contributed by atoms with Crippen LogP contribution in [0.15, 0.2) is 41.3 Å². The smallest absolute Gasteiger partial charge is 0.226 e. The highest BCUT2D eigenvalue weighted by molar-refractivity contribution is 7.86. The van der Waals surface area contributed by atoms with Crippen molar-refractivity contribution < 1.29 is 13.7 Å². The lowest BCUT2D eigenvalue weighted by molar-refractivity contribution is -0.116. The van der Waals surface area contributed by atoms with Gasteiger partial charge in [0.2, 0.25) is 5.91 Å². The number of nitrogens with one attached hydrogen (secondary N) is 2. The summed E-state index contributed by atoms with van der Waals surface area (Å²) < 4.78 is 21.7.